The van der Waals surface area contributed by atoms with Gasteiger partial charge >= 0.3 is 0 Å². The summed E-state index contributed by atoms with van der Waals surface area (Å²) >= 11 is 0. The number of benzene rings is 2. The number of likely N-dealkylation sites (N-methyl/N-ethyl adjacent to an activating group) is 2. The summed E-state index contributed by atoms with van der Waals surface area (Å²) in [5.74, 6) is -7.01. The molecule has 3 aliphatic carbocycles. The molecule has 0 bridgehead atoms. The third-order valence-electron chi connectivity index (χ3n) is 8.82. The Bertz CT molecular complexity index is 1640. The van der Waals surface area contributed by atoms with Crippen molar-refractivity contribution in [3.05, 3.63) is 70.0 Å². The standard InChI is InChI=1S/C32H36N4O8/c1-35(2)14-22(38)34-13-15-5-7-16(8-6-15)18-9-10-21(37)24-19(18)11-17-12-20-26(36(3)4)28(40)25(31(33)43)30(42)32(20,44)29(41)23(17)27(24)39/h5-10,17,20,26,37,39,42,44H,11-14H2,1-4H3,(H2,33,43)(H,34,38)/t17-,20-,26?,32-/m1/s1. The van der Waals surface area contributed by atoms with E-state index in [1.54, 1.807) is 25.1 Å². The molecule has 7 N–H and O–H groups in total. The molecule has 1 unspecified atom stereocenters. The first kappa shape index (κ1) is 30.9. The molecular formula is C32H36N4O8. The number of carbonyl (C=O) groups is 4. The summed E-state index contributed by atoms with van der Waals surface area (Å²) in [6.45, 7) is 0.608. The molecule has 5 rings (SSSR count). The summed E-state index contributed by atoms with van der Waals surface area (Å²) < 4.78 is 0. The molecular weight excluding hydrogens is 568 g/mol. The molecule has 44 heavy (non-hydrogen) atoms. The van der Waals surface area contributed by atoms with Gasteiger partial charge in [-0.25, -0.2) is 0 Å². The molecule has 0 aliphatic heterocycles. The molecule has 3 aliphatic rings. The highest BCUT2D eigenvalue weighted by Crippen LogP contribution is 2.53. The third kappa shape index (κ3) is 4.84. The second-order valence-electron chi connectivity index (χ2n) is 12.2. The molecule has 2 amide bonds. The van der Waals surface area contributed by atoms with E-state index in [0.29, 0.717) is 17.7 Å². The number of carbonyl (C=O) groups excluding carboxylic acids is 4. The minimum atomic E-state index is -2.68. The van der Waals surface area contributed by atoms with Crippen LogP contribution in [0.2, 0.25) is 0 Å². The number of primary amides is 1. The zero-order valence-electron chi connectivity index (χ0n) is 24.9. The average molecular weight is 605 g/mol. The van der Waals surface area contributed by atoms with Crippen molar-refractivity contribution in [1.29, 1.82) is 0 Å². The van der Waals surface area contributed by atoms with Gasteiger partial charge in [0.1, 0.15) is 22.8 Å². The second kappa shape index (κ2) is 11.2. The zero-order valence-corrected chi connectivity index (χ0v) is 24.9. The van der Waals surface area contributed by atoms with Gasteiger partial charge in [-0.1, -0.05) is 30.3 Å². The van der Waals surface area contributed by atoms with Crippen molar-refractivity contribution >= 4 is 29.1 Å². The van der Waals surface area contributed by atoms with Gasteiger partial charge < -0.3 is 36.4 Å². The van der Waals surface area contributed by atoms with E-state index in [1.165, 1.54) is 11.0 Å². The number of ketones is 2. The number of aliphatic hydroxyl groups is 3. The van der Waals surface area contributed by atoms with Crippen molar-refractivity contribution in [3.63, 3.8) is 0 Å². The van der Waals surface area contributed by atoms with Gasteiger partial charge in [0.2, 0.25) is 11.7 Å². The maximum atomic E-state index is 14.0. The van der Waals surface area contributed by atoms with Gasteiger partial charge in [-0.3, -0.25) is 24.1 Å². The first-order valence-electron chi connectivity index (χ1n) is 14.2. The minimum absolute atomic E-state index is 0.00639. The topological polar surface area (TPSA) is 194 Å². The lowest BCUT2D eigenvalue weighted by molar-refractivity contribution is -0.153. The van der Waals surface area contributed by atoms with Gasteiger partial charge in [0, 0.05) is 18.0 Å². The van der Waals surface area contributed by atoms with Crippen LogP contribution < -0.4 is 11.1 Å². The Hall–Kier alpha value is -4.52. The number of rotatable bonds is 7. The van der Waals surface area contributed by atoms with Crippen LogP contribution in [-0.4, -0.2) is 100.0 Å². The molecule has 2 aromatic carbocycles. The van der Waals surface area contributed by atoms with E-state index in [4.69, 9.17) is 5.73 Å². The number of hydrogen-bond donors (Lipinski definition) is 6. The van der Waals surface area contributed by atoms with E-state index in [-0.39, 0.29) is 42.2 Å². The predicted octanol–water partition coefficient (Wildman–Crippen LogP) is 0.809. The Morgan fingerprint density at radius 2 is 1.68 bits per heavy atom. The van der Waals surface area contributed by atoms with Gasteiger partial charge in [0.15, 0.2) is 11.4 Å². The molecule has 1 fully saturated rings. The average Bonchev–Trinajstić information content (AvgIpc) is 2.93. The van der Waals surface area contributed by atoms with Crippen LogP contribution in [0, 0.1) is 11.8 Å². The monoisotopic (exact) mass is 604 g/mol. The lowest BCUT2D eigenvalue weighted by Crippen LogP contribution is -2.65. The predicted molar refractivity (Wildman–Crippen MR) is 160 cm³/mol. The summed E-state index contributed by atoms with van der Waals surface area (Å²) in [4.78, 5) is 54.7. The summed E-state index contributed by atoms with van der Waals surface area (Å²) in [7, 11) is 6.73. The van der Waals surface area contributed by atoms with Gasteiger partial charge in [-0.15, -0.1) is 0 Å². The van der Waals surface area contributed by atoms with Crippen LogP contribution in [0.25, 0.3) is 16.9 Å². The van der Waals surface area contributed by atoms with Crippen molar-refractivity contribution in [3.8, 4) is 16.9 Å². The number of aliphatic hydroxyl groups excluding tert-OH is 2. The van der Waals surface area contributed by atoms with E-state index >= 15 is 0 Å². The first-order chi connectivity index (χ1) is 20.7. The lowest BCUT2D eigenvalue weighted by Gasteiger charge is -2.50. The Kier molecular flexibility index (Phi) is 7.87. The molecule has 12 heteroatoms. The Morgan fingerprint density at radius 3 is 2.27 bits per heavy atom. The molecule has 2 aromatic rings. The van der Waals surface area contributed by atoms with Crippen LogP contribution in [0.1, 0.15) is 23.1 Å². The van der Waals surface area contributed by atoms with Crippen LogP contribution in [0.5, 0.6) is 5.75 Å². The molecule has 0 saturated heterocycles. The number of phenols is 1. The summed E-state index contributed by atoms with van der Waals surface area (Å²) in [5.41, 5.74) is 4.57. The van der Waals surface area contributed by atoms with Crippen LogP contribution >= 0.6 is 0 Å². The number of fused-ring (bicyclic) bond motifs is 3. The Labute approximate surface area is 254 Å². The molecule has 0 spiro atoms. The Morgan fingerprint density at radius 1 is 1.02 bits per heavy atom. The summed E-state index contributed by atoms with van der Waals surface area (Å²) in [5, 5.41) is 47.9. The SMILES string of the molecule is CN(C)CC(=O)NCc1ccc(-c2ccc(O)c3c2C[C@@H]2C[C@@H]4C(N(C)C)C(=O)C(C(N)=O)=C(O)[C@]4(O)C(=O)C2=C3O)cc1. The van der Waals surface area contributed by atoms with Gasteiger partial charge in [0.05, 0.1) is 18.2 Å². The number of nitrogens with zero attached hydrogens (tertiary/aromatic N) is 2. The largest absolute Gasteiger partial charge is 0.508 e. The maximum absolute atomic E-state index is 14.0. The van der Waals surface area contributed by atoms with Crippen molar-refractivity contribution in [2.75, 3.05) is 34.7 Å². The van der Waals surface area contributed by atoms with Crippen molar-refractivity contribution in [2.24, 2.45) is 17.6 Å². The normalized spacial score (nSPS) is 24.8. The first-order valence-corrected chi connectivity index (χ1v) is 14.2. The highest BCUT2D eigenvalue weighted by Gasteiger charge is 2.64. The number of hydrogen-bond acceptors (Lipinski definition) is 10. The van der Waals surface area contributed by atoms with Crippen LogP contribution in [0.15, 0.2) is 53.3 Å². The third-order valence-corrected chi connectivity index (χ3v) is 8.82. The molecule has 0 aromatic heterocycles. The van der Waals surface area contributed by atoms with E-state index in [0.717, 1.165) is 11.1 Å². The fourth-order valence-corrected chi connectivity index (χ4v) is 6.86. The van der Waals surface area contributed by atoms with Crippen LogP contribution in [0.4, 0.5) is 0 Å². The molecule has 12 nitrogen and oxygen atoms in total. The molecule has 1 saturated carbocycles. The molecule has 4 atom stereocenters. The smallest absolute Gasteiger partial charge is 0.255 e. The van der Waals surface area contributed by atoms with Crippen LogP contribution in [-0.2, 0) is 32.1 Å². The maximum Gasteiger partial charge on any atom is 0.255 e. The summed E-state index contributed by atoms with van der Waals surface area (Å²) in [6.07, 6.45) is 0.188. The van der Waals surface area contributed by atoms with Crippen molar-refractivity contribution < 1.29 is 39.6 Å². The van der Waals surface area contributed by atoms with Gasteiger partial charge in [-0.2, -0.15) is 0 Å². The molecule has 0 heterocycles. The fraction of sp³-hybridized carbons (Fsp3) is 0.375. The zero-order chi connectivity index (χ0) is 32.2. The lowest BCUT2D eigenvalue weighted by atomic mass is 9.57. The second-order valence-corrected chi connectivity index (χ2v) is 12.2. The Balaban J connectivity index is 1.56. The van der Waals surface area contributed by atoms with Crippen LogP contribution in [0.3, 0.4) is 0 Å². The van der Waals surface area contributed by atoms with E-state index in [1.807, 2.05) is 38.4 Å². The highest BCUT2D eigenvalue weighted by atomic mass is 16.3. The van der Waals surface area contributed by atoms with E-state index < -0.39 is 58.0 Å². The number of phenolic OH excluding ortho intramolecular Hbond substituents is 1. The number of amides is 2. The van der Waals surface area contributed by atoms with E-state index in [2.05, 4.69) is 5.32 Å². The molecule has 0 radical (unpaired) electrons. The summed E-state index contributed by atoms with van der Waals surface area (Å²) in [6, 6.07) is 9.40. The van der Waals surface area contributed by atoms with Crippen molar-refractivity contribution in [2.45, 2.75) is 31.0 Å². The van der Waals surface area contributed by atoms with E-state index in [9.17, 15) is 39.6 Å². The number of nitrogens with one attached hydrogen (secondary N) is 1. The fourth-order valence-electron chi connectivity index (χ4n) is 6.86. The van der Waals surface area contributed by atoms with Gasteiger partial charge in [0.25, 0.3) is 5.91 Å². The minimum Gasteiger partial charge on any atom is -0.508 e. The quantitative estimate of drug-likeness (QED) is 0.246. The number of Topliss-reactive ketones (excluding diaryl/α,β-unsaturated/α-hetero) is 2. The highest BCUT2D eigenvalue weighted by molar-refractivity contribution is 6.24. The van der Waals surface area contributed by atoms with Crippen molar-refractivity contribution in [1.82, 2.24) is 15.1 Å². The molecule has 232 valence electrons. The van der Waals surface area contributed by atoms with Gasteiger partial charge in [-0.05, 0) is 75.3 Å². The number of aromatic hydroxyl groups is 1. The number of nitrogens with two attached hydrogens (primary N) is 1.